The molecule has 0 bridgehead atoms. The maximum atomic E-state index is 13.2. The number of benzene rings is 1. The number of thioether (sulfide) groups is 1. The standard InChI is InChI=1S/C19H19BrF2N4O2S/c1-2-3-10-29-19-25-24-18(17(21)22)26(19)23-11-15-8-9-16(28-15)12-27-14-6-4-13(20)5-7-14/h4-9,11,17H,2-3,10,12H2,1H3/b23-11-. The molecule has 154 valence electrons. The van der Waals surface area contributed by atoms with Crippen molar-refractivity contribution in [3.8, 4) is 5.75 Å². The summed E-state index contributed by atoms with van der Waals surface area (Å²) < 4.78 is 39.7. The van der Waals surface area contributed by atoms with Crippen LogP contribution in [0.5, 0.6) is 5.75 Å². The first-order valence-electron chi connectivity index (χ1n) is 8.94. The van der Waals surface area contributed by atoms with Gasteiger partial charge in [0.1, 0.15) is 23.9 Å². The van der Waals surface area contributed by atoms with Gasteiger partial charge in [0.15, 0.2) is 0 Å². The molecule has 0 unspecified atom stereocenters. The summed E-state index contributed by atoms with van der Waals surface area (Å²) in [6.45, 7) is 2.30. The quantitative estimate of drug-likeness (QED) is 0.203. The average molecular weight is 485 g/mol. The van der Waals surface area contributed by atoms with Gasteiger partial charge in [0.2, 0.25) is 11.0 Å². The lowest BCUT2D eigenvalue weighted by Crippen LogP contribution is -2.01. The van der Waals surface area contributed by atoms with Crippen LogP contribution in [0, 0.1) is 0 Å². The van der Waals surface area contributed by atoms with Gasteiger partial charge in [-0.1, -0.05) is 41.0 Å². The number of hydrogen-bond donors (Lipinski definition) is 0. The van der Waals surface area contributed by atoms with E-state index in [2.05, 4.69) is 38.2 Å². The number of halogens is 3. The maximum Gasteiger partial charge on any atom is 0.299 e. The van der Waals surface area contributed by atoms with E-state index in [4.69, 9.17) is 9.15 Å². The minimum Gasteiger partial charge on any atom is -0.486 e. The van der Waals surface area contributed by atoms with Crippen LogP contribution in [-0.2, 0) is 6.61 Å². The Kier molecular flexibility index (Phi) is 7.82. The highest BCUT2D eigenvalue weighted by atomic mass is 79.9. The first-order valence-corrected chi connectivity index (χ1v) is 10.7. The van der Waals surface area contributed by atoms with E-state index < -0.39 is 12.2 Å². The Bertz CT molecular complexity index is 944. The summed E-state index contributed by atoms with van der Waals surface area (Å²) in [7, 11) is 0. The predicted octanol–water partition coefficient (Wildman–Crippen LogP) is 5.92. The van der Waals surface area contributed by atoms with Crippen LogP contribution < -0.4 is 4.74 Å². The molecule has 2 heterocycles. The summed E-state index contributed by atoms with van der Waals surface area (Å²) in [5.41, 5.74) is 0. The lowest BCUT2D eigenvalue weighted by atomic mass is 10.3. The smallest absolute Gasteiger partial charge is 0.299 e. The second-order valence-corrected chi connectivity index (χ2v) is 7.92. The van der Waals surface area contributed by atoms with Crippen LogP contribution in [0.2, 0.25) is 0 Å². The van der Waals surface area contributed by atoms with Gasteiger partial charge >= 0.3 is 0 Å². The number of ether oxygens (including phenoxy) is 1. The lowest BCUT2D eigenvalue weighted by molar-refractivity contribution is 0.135. The molecule has 0 amide bonds. The Morgan fingerprint density at radius 3 is 2.76 bits per heavy atom. The molecule has 0 fully saturated rings. The summed E-state index contributed by atoms with van der Waals surface area (Å²) in [5.74, 6) is 1.97. The van der Waals surface area contributed by atoms with Gasteiger partial charge in [-0.2, -0.15) is 9.78 Å². The monoisotopic (exact) mass is 484 g/mol. The molecule has 3 aromatic rings. The Balaban J connectivity index is 1.66. The van der Waals surface area contributed by atoms with Gasteiger partial charge in [-0.05, 0) is 42.8 Å². The second-order valence-electron chi connectivity index (χ2n) is 5.95. The molecule has 6 nitrogen and oxygen atoms in total. The third-order valence-electron chi connectivity index (χ3n) is 3.74. The number of rotatable bonds is 10. The first kappa shape index (κ1) is 21.5. The zero-order chi connectivity index (χ0) is 20.6. The fraction of sp³-hybridized carbons (Fsp3) is 0.316. The van der Waals surface area contributed by atoms with Gasteiger partial charge in [0.05, 0.1) is 6.21 Å². The molecule has 2 aromatic heterocycles. The number of furan rings is 1. The molecule has 0 aliphatic carbocycles. The minimum absolute atomic E-state index is 0.239. The van der Waals surface area contributed by atoms with Gasteiger partial charge in [-0.15, -0.1) is 10.2 Å². The largest absolute Gasteiger partial charge is 0.486 e. The highest BCUT2D eigenvalue weighted by molar-refractivity contribution is 9.10. The van der Waals surface area contributed by atoms with Gasteiger partial charge in [-0.25, -0.2) is 8.78 Å². The normalized spacial score (nSPS) is 11.6. The molecule has 29 heavy (non-hydrogen) atoms. The van der Waals surface area contributed by atoms with Crippen molar-refractivity contribution < 1.29 is 17.9 Å². The van der Waals surface area contributed by atoms with Crippen molar-refractivity contribution in [2.75, 3.05) is 5.75 Å². The Hall–Kier alpha value is -2.20. The van der Waals surface area contributed by atoms with Gasteiger partial charge in [0.25, 0.3) is 6.43 Å². The number of hydrogen-bond acceptors (Lipinski definition) is 6. The predicted molar refractivity (Wildman–Crippen MR) is 111 cm³/mol. The van der Waals surface area contributed by atoms with Crippen molar-refractivity contribution in [1.82, 2.24) is 14.9 Å². The van der Waals surface area contributed by atoms with Crippen LogP contribution in [0.1, 0.15) is 43.5 Å². The van der Waals surface area contributed by atoms with Crippen molar-refractivity contribution in [2.45, 2.75) is 38.0 Å². The van der Waals surface area contributed by atoms with Crippen LogP contribution in [0.25, 0.3) is 0 Å². The summed E-state index contributed by atoms with van der Waals surface area (Å²) in [4.78, 5) is 0. The van der Waals surface area contributed by atoms with E-state index >= 15 is 0 Å². The molecule has 10 heteroatoms. The lowest BCUT2D eigenvalue weighted by Gasteiger charge is -2.04. The highest BCUT2D eigenvalue weighted by Gasteiger charge is 2.20. The number of unbranched alkanes of at least 4 members (excludes halogenated alkanes) is 1. The molecule has 0 spiro atoms. The van der Waals surface area contributed by atoms with Crippen molar-refractivity contribution >= 4 is 33.9 Å². The zero-order valence-electron chi connectivity index (χ0n) is 15.6. The van der Waals surface area contributed by atoms with E-state index in [0.29, 0.717) is 22.4 Å². The molecule has 0 saturated heterocycles. The molecule has 0 radical (unpaired) electrons. The topological polar surface area (TPSA) is 65.4 Å². The third-order valence-corrected chi connectivity index (χ3v) is 5.27. The van der Waals surface area contributed by atoms with Crippen molar-refractivity contribution in [3.63, 3.8) is 0 Å². The fourth-order valence-corrected chi connectivity index (χ4v) is 3.50. The van der Waals surface area contributed by atoms with E-state index in [1.54, 1.807) is 12.1 Å². The second kappa shape index (κ2) is 10.5. The molecule has 1 aromatic carbocycles. The molecular weight excluding hydrogens is 466 g/mol. The van der Waals surface area contributed by atoms with E-state index in [1.165, 1.54) is 18.0 Å². The molecule has 0 saturated carbocycles. The summed E-state index contributed by atoms with van der Waals surface area (Å²) in [6, 6.07) is 10.9. The van der Waals surface area contributed by atoms with Crippen molar-refractivity contribution in [1.29, 1.82) is 0 Å². The molecule has 0 atom stereocenters. The summed E-state index contributed by atoms with van der Waals surface area (Å²) in [6.07, 6.45) is 0.545. The molecule has 0 aliphatic heterocycles. The fourth-order valence-electron chi connectivity index (χ4n) is 2.26. The third kappa shape index (κ3) is 6.14. The number of nitrogens with zero attached hydrogens (tertiary/aromatic N) is 4. The van der Waals surface area contributed by atoms with Crippen LogP contribution in [0.3, 0.4) is 0 Å². The first-order chi connectivity index (χ1) is 14.1. The Labute approximate surface area is 179 Å². The SMILES string of the molecule is CCCCSc1nnc(C(F)F)n1/N=C\c1ccc(COc2ccc(Br)cc2)o1. The van der Waals surface area contributed by atoms with E-state index in [9.17, 15) is 8.78 Å². The van der Waals surface area contributed by atoms with Crippen LogP contribution in [0.4, 0.5) is 8.78 Å². The Morgan fingerprint density at radius 1 is 1.24 bits per heavy atom. The van der Waals surface area contributed by atoms with E-state index in [-0.39, 0.29) is 6.61 Å². The zero-order valence-corrected chi connectivity index (χ0v) is 18.0. The number of aromatic nitrogens is 3. The van der Waals surface area contributed by atoms with Gasteiger partial charge in [0, 0.05) is 10.2 Å². The Morgan fingerprint density at radius 2 is 2.03 bits per heavy atom. The summed E-state index contributed by atoms with van der Waals surface area (Å²) >= 11 is 4.71. The van der Waals surface area contributed by atoms with Crippen LogP contribution in [-0.4, -0.2) is 26.8 Å². The average Bonchev–Trinajstić information content (AvgIpc) is 3.33. The molecule has 3 rings (SSSR count). The van der Waals surface area contributed by atoms with Gasteiger partial charge in [-0.3, -0.25) is 0 Å². The number of alkyl halides is 2. The molecule has 0 N–H and O–H groups in total. The van der Waals surface area contributed by atoms with E-state index in [1.807, 2.05) is 24.3 Å². The molecular formula is C19H19BrF2N4O2S. The maximum absolute atomic E-state index is 13.2. The van der Waals surface area contributed by atoms with Crippen molar-refractivity contribution in [2.24, 2.45) is 5.10 Å². The summed E-state index contributed by atoms with van der Waals surface area (Å²) in [5, 5.41) is 11.8. The van der Waals surface area contributed by atoms with E-state index in [0.717, 1.165) is 27.7 Å². The van der Waals surface area contributed by atoms with Crippen LogP contribution >= 0.6 is 27.7 Å². The molecule has 0 aliphatic rings. The minimum atomic E-state index is -2.77. The highest BCUT2D eigenvalue weighted by Crippen LogP contribution is 2.24. The van der Waals surface area contributed by atoms with Crippen molar-refractivity contribution in [3.05, 3.63) is 58.2 Å². The van der Waals surface area contributed by atoms with Gasteiger partial charge < -0.3 is 9.15 Å². The van der Waals surface area contributed by atoms with Crippen LogP contribution in [0.15, 0.2) is 55.5 Å².